The van der Waals surface area contributed by atoms with Crippen molar-refractivity contribution in [1.29, 1.82) is 0 Å². The van der Waals surface area contributed by atoms with E-state index in [1.807, 2.05) is 37.6 Å². The molecular weight excluding hydrogens is 406 g/mol. The molecule has 0 aliphatic heterocycles. The molecule has 1 fully saturated rings. The van der Waals surface area contributed by atoms with E-state index in [4.69, 9.17) is 4.74 Å². The monoisotopic (exact) mass is 429 g/mol. The maximum atomic E-state index is 11.6. The summed E-state index contributed by atoms with van der Waals surface area (Å²) in [6.07, 6.45) is 10.7. The Morgan fingerprint density at radius 2 is 2.25 bits per heavy atom. The highest BCUT2D eigenvalue weighted by Gasteiger charge is 2.33. The molecule has 1 saturated carbocycles. The molecular formula is C23H23N7O2. The van der Waals surface area contributed by atoms with Gasteiger partial charge >= 0.3 is 0 Å². The smallest absolute Gasteiger partial charge is 0.232 e. The van der Waals surface area contributed by atoms with E-state index in [9.17, 15) is 4.79 Å². The highest BCUT2D eigenvalue weighted by atomic mass is 16.5. The van der Waals surface area contributed by atoms with Crippen LogP contribution in [0.2, 0.25) is 0 Å². The molecule has 0 radical (unpaired) electrons. The summed E-state index contributed by atoms with van der Waals surface area (Å²) in [6, 6.07) is 5.75. The van der Waals surface area contributed by atoms with Crippen LogP contribution in [0.15, 0.2) is 55.6 Å². The van der Waals surface area contributed by atoms with Crippen molar-refractivity contribution in [3.05, 3.63) is 55.6 Å². The summed E-state index contributed by atoms with van der Waals surface area (Å²) in [5.74, 6) is 1.29. The fourth-order valence-corrected chi connectivity index (χ4v) is 3.94. The molecule has 9 heteroatoms. The van der Waals surface area contributed by atoms with Gasteiger partial charge in [-0.1, -0.05) is 12.6 Å². The van der Waals surface area contributed by atoms with E-state index in [1.165, 1.54) is 6.08 Å². The average Bonchev–Trinajstić information content (AvgIpc) is 3.38. The second-order valence-electron chi connectivity index (χ2n) is 7.97. The molecule has 1 aliphatic carbocycles. The summed E-state index contributed by atoms with van der Waals surface area (Å²) in [5, 5.41) is 8.13. The molecule has 162 valence electrons. The van der Waals surface area contributed by atoms with Crippen molar-refractivity contribution in [2.45, 2.75) is 25.4 Å². The van der Waals surface area contributed by atoms with Crippen LogP contribution in [-0.2, 0) is 11.8 Å². The number of ether oxygens (including phenoxy) is 1. The van der Waals surface area contributed by atoms with Crippen molar-refractivity contribution in [3.8, 4) is 17.1 Å². The van der Waals surface area contributed by atoms with Gasteiger partial charge in [-0.05, 0) is 37.0 Å². The fraction of sp³-hybridized carbons (Fsp3) is 0.261. The normalized spacial score (nSPS) is 17.7. The van der Waals surface area contributed by atoms with Gasteiger partial charge in [-0.15, -0.1) is 0 Å². The fourth-order valence-electron chi connectivity index (χ4n) is 3.94. The predicted octanol–water partition coefficient (Wildman–Crippen LogP) is 3.80. The van der Waals surface area contributed by atoms with Gasteiger partial charge in [-0.2, -0.15) is 15.1 Å². The third-order valence-corrected chi connectivity index (χ3v) is 5.59. The Bertz CT molecular complexity index is 1270. The van der Waals surface area contributed by atoms with Crippen molar-refractivity contribution in [3.63, 3.8) is 0 Å². The van der Waals surface area contributed by atoms with Crippen LogP contribution in [0.3, 0.4) is 0 Å². The van der Waals surface area contributed by atoms with E-state index >= 15 is 0 Å². The Balaban J connectivity index is 1.47. The number of carbonyl (C=O) groups is 1. The van der Waals surface area contributed by atoms with Crippen LogP contribution < -0.4 is 10.1 Å². The number of pyridine rings is 1. The quantitative estimate of drug-likeness (QED) is 0.410. The van der Waals surface area contributed by atoms with Gasteiger partial charge in [0.15, 0.2) is 5.78 Å². The van der Waals surface area contributed by atoms with Gasteiger partial charge in [0, 0.05) is 37.6 Å². The topological polar surface area (TPSA) is 111 Å². The molecule has 0 saturated heterocycles. The van der Waals surface area contributed by atoms with Crippen LogP contribution in [0.4, 0.5) is 11.6 Å². The highest BCUT2D eigenvalue weighted by Crippen LogP contribution is 2.38. The maximum Gasteiger partial charge on any atom is 0.232 e. The van der Waals surface area contributed by atoms with Crippen molar-refractivity contribution in [2.24, 2.45) is 13.0 Å². The van der Waals surface area contributed by atoms with Crippen LogP contribution in [0, 0.1) is 5.92 Å². The molecule has 0 unspecified atom stereocenters. The number of allylic oxidation sites excluding steroid dienone is 1. The standard InChI is InChI=1S/C23H23N7O2/c1-3-16(31)8-14-9-17(10-14)32-22-20-18(19-6-4-5-7-24-19)12-25-21(20)28-23(29-22)27-15-11-26-30(2)13-15/h3-7,11-14,17H,1,8-10H2,2H3,(H2,25,27,28,29). The first-order valence-corrected chi connectivity index (χ1v) is 10.5. The molecule has 4 aromatic heterocycles. The number of nitrogens with zero attached hydrogens (tertiary/aromatic N) is 5. The maximum absolute atomic E-state index is 11.6. The number of aromatic nitrogens is 6. The van der Waals surface area contributed by atoms with Gasteiger partial charge in [0.05, 0.1) is 23.0 Å². The van der Waals surface area contributed by atoms with Crippen LogP contribution in [0.25, 0.3) is 22.3 Å². The van der Waals surface area contributed by atoms with E-state index < -0.39 is 0 Å². The number of aryl methyl sites for hydroxylation is 1. The molecule has 4 heterocycles. The number of ketones is 1. The molecule has 0 bridgehead atoms. The Morgan fingerprint density at radius 1 is 1.38 bits per heavy atom. The lowest BCUT2D eigenvalue weighted by Gasteiger charge is -2.34. The molecule has 0 amide bonds. The molecule has 4 aromatic rings. The van der Waals surface area contributed by atoms with Crippen molar-refractivity contribution >= 4 is 28.5 Å². The van der Waals surface area contributed by atoms with Gasteiger partial charge in [0.2, 0.25) is 11.8 Å². The lowest BCUT2D eigenvalue weighted by atomic mass is 9.79. The van der Waals surface area contributed by atoms with Crippen LogP contribution in [-0.4, -0.2) is 41.6 Å². The van der Waals surface area contributed by atoms with Gasteiger partial charge in [-0.25, -0.2) is 0 Å². The number of carbonyl (C=O) groups excluding carboxylic acids is 1. The first-order chi connectivity index (χ1) is 15.6. The zero-order chi connectivity index (χ0) is 22.1. The summed E-state index contributed by atoms with van der Waals surface area (Å²) in [5.41, 5.74) is 3.12. The third kappa shape index (κ3) is 3.96. The molecule has 5 rings (SSSR count). The average molecular weight is 429 g/mol. The largest absolute Gasteiger partial charge is 0.474 e. The van der Waals surface area contributed by atoms with Crippen molar-refractivity contribution < 1.29 is 9.53 Å². The van der Waals surface area contributed by atoms with E-state index in [0.717, 1.165) is 35.2 Å². The Labute approximate surface area is 184 Å². The van der Waals surface area contributed by atoms with Crippen LogP contribution in [0.5, 0.6) is 5.88 Å². The molecule has 0 aromatic carbocycles. The first kappa shape index (κ1) is 19.9. The van der Waals surface area contributed by atoms with E-state index in [2.05, 4.69) is 36.9 Å². The van der Waals surface area contributed by atoms with Gasteiger partial charge in [-0.3, -0.25) is 14.5 Å². The number of nitrogens with one attached hydrogen (secondary N) is 2. The second-order valence-corrected chi connectivity index (χ2v) is 7.97. The number of aromatic amines is 1. The molecule has 32 heavy (non-hydrogen) atoms. The summed E-state index contributed by atoms with van der Waals surface area (Å²) < 4.78 is 8.02. The summed E-state index contributed by atoms with van der Waals surface area (Å²) in [7, 11) is 1.85. The first-order valence-electron chi connectivity index (χ1n) is 10.5. The Morgan fingerprint density at radius 3 is 2.97 bits per heavy atom. The molecule has 2 N–H and O–H groups in total. The lowest BCUT2D eigenvalue weighted by molar-refractivity contribution is -0.116. The van der Waals surface area contributed by atoms with E-state index in [0.29, 0.717) is 29.8 Å². The van der Waals surface area contributed by atoms with Crippen LogP contribution >= 0.6 is 0 Å². The summed E-state index contributed by atoms with van der Waals surface area (Å²) in [4.78, 5) is 28.6. The molecule has 0 spiro atoms. The minimum Gasteiger partial charge on any atom is -0.474 e. The summed E-state index contributed by atoms with van der Waals surface area (Å²) >= 11 is 0. The zero-order valence-corrected chi connectivity index (χ0v) is 17.7. The SMILES string of the molecule is C=CC(=O)CC1CC(Oc2nc(Nc3cnn(C)c3)nc3[nH]cc(-c4ccccn4)c23)C1. The third-order valence-electron chi connectivity index (χ3n) is 5.59. The Hall–Kier alpha value is -4.01. The van der Waals surface area contributed by atoms with Crippen molar-refractivity contribution in [1.82, 2.24) is 29.7 Å². The van der Waals surface area contributed by atoms with E-state index in [1.54, 1.807) is 17.1 Å². The van der Waals surface area contributed by atoms with Crippen molar-refractivity contribution in [2.75, 3.05) is 5.32 Å². The van der Waals surface area contributed by atoms with Crippen LogP contribution in [0.1, 0.15) is 19.3 Å². The van der Waals surface area contributed by atoms with E-state index in [-0.39, 0.29) is 11.9 Å². The number of hydrogen-bond acceptors (Lipinski definition) is 7. The van der Waals surface area contributed by atoms with Gasteiger partial charge in [0.25, 0.3) is 0 Å². The number of hydrogen-bond donors (Lipinski definition) is 2. The minimum absolute atomic E-state index is 0.00607. The number of rotatable bonds is 8. The molecule has 0 atom stereocenters. The van der Waals surface area contributed by atoms with Gasteiger partial charge < -0.3 is 15.0 Å². The minimum atomic E-state index is -0.00607. The number of H-pyrrole nitrogens is 1. The highest BCUT2D eigenvalue weighted by molar-refractivity contribution is 5.97. The summed E-state index contributed by atoms with van der Waals surface area (Å²) in [6.45, 7) is 3.55. The second kappa shape index (κ2) is 8.26. The zero-order valence-electron chi connectivity index (χ0n) is 17.7. The predicted molar refractivity (Wildman–Crippen MR) is 121 cm³/mol. The Kier molecular flexibility index (Phi) is 5.14. The molecule has 1 aliphatic rings. The van der Waals surface area contributed by atoms with Gasteiger partial charge in [0.1, 0.15) is 11.8 Å². The number of fused-ring (bicyclic) bond motifs is 1. The lowest BCUT2D eigenvalue weighted by Crippen LogP contribution is -2.35. The molecule has 9 nitrogen and oxygen atoms in total. The number of anilines is 2.